The van der Waals surface area contributed by atoms with E-state index in [0.29, 0.717) is 5.69 Å². The van der Waals surface area contributed by atoms with Gasteiger partial charge in [0.05, 0.1) is 22.0 Å². The molecular weight excluding hydrogens is 478 g/mol. The summed E-state index contributed by atoms with van der Waals surface area (Å²) in [6.07, 6.45) is 0. The normalized spacial score (nSPS) is 11.3. The van der Waals surface area contributed by atoms with Crippen LogP contribution in [0.4, 0.5) is 5.69 Å². The number of phenolic OH excluding ortho intramolecular Hbond substituents is 1. The van der Waals surface area contributed by atoms with Gasteiger partial charge in [-0.1, -0.05) is 22.9 Å². The Hall–Kier alpha value is -3.18. The highest BCUT2D eigenvalue weighted by molar-refractivity contribution is 9.10. The van der Waals surface area contributed by atoms with Crippen molar-refractivity contribution >= 4 is 37.4 Å². The number of halogens is 1. The second-order valence-electron chi connectivity index (χ2n) is 6.14. The number of hydrogen-bond donors (Lipinski definition) is 3. The van der Waals surface area contributed by atoms with Gasteiger partial charge in [-0.05, 0) is 42.5 Å². The topological polar surface area (TPSA) is 139 Å². The molecule has 0 saturated heterocycles. The van der Waals surface area contributed by atoms with Crippen molar-refractivity contribution in [3.8, 4) is 17.2 Å². The van der Waals surface area contributed by atoms with Crippen LogP contribution in [-0.2, 0) is 9.84 Å². The number of hydrogen-bond acceptors (Lipinski definition) is 7. The van der Waals surface area contributed by atoms with Crippen LogP contribution >= 0.6 is 15.9 Å². The number of aromatic hydroxyl groups is 2. The zero-order valence-electron chi connectivity index (χ0n) is 15.5. The molecule has 3 rings (SSSR count). The lowest BCUT2D eigenvalue weighted by Gasteiger charge is -2.11. The molecule has 0 spiro atoms. The fraction of sp³-hybridized carbons (Fsp3) is 0.105. The molecule has 0 aliphatic heterocycles. The summed E-state index contributed by atoms with van der Waals surface area (Å²) < 4.78 is 25.8. The summed E-state index contributed by atoms with van der Waals surface area (Å²) in [6.45, 7) is 1.47. The summed E-state index contributed by atoms with van der Waals surface area (Å²) >= 11 is 3.28. The van der Waals surface area contributed by atoms with Crippen molar-refractivity contribution in [3.63, 3.8) is 0 Å². The molecule has 0 radical (unpaired) electrons. The van der Waals surface area contributed by atoms with Crippen LogP contribution in [0.1, 0.15) is 17.4 Å². The first-order chi connectivity index (χ1) is 14.1. The third-order valence-electron chi connectivity index (χ3n) is 4.15. The predicted octanol–water partition coefficient (Wildman–Crippen LogP) is 2.45. The van der Waals surface area contributed by atoms with Gasteiger partial charge in [0.25, 0.3) is 11.5 Å². The van der Waals surface area contributed by atoms with Gasteiger partial charge in [0.1, 0.15) is 5.75 Å². The van der Waals surface area contributed by atoms with Gasteiger partial charge < -0.3 is 15.5 Å². The first-order valence-electron chi connectivity index (χ1n) is 8.59. The quantitative estimate of drug-likeness (QED) is 0.463. The highest BCUT2D eigenvalue weighted by atomic mass is 79.9. The number of rotatable bonds is 5. The smallest absolute Gasteiger partial charge is 0.280 e. The highest BCUT2D eigenvalue weighted by Gasteiger charge is 2.20. The minimum atomic E-state index is -3.57. The average Bonchev–Trinajstić information content (AvgIpc) is 2.70. The molecule has 0 saturated carbocycles. The maximum Gasteiger partial charge on any atom is 0.280 e. The molecule has 30 heavy (non-hydrogen) atoms. The number of amides is 1. The zero-order chi connectivity index (χ0) is 22.1. The third-order valence-corrected chi connectivity index (χ3v) is 6.41. The first kappa shape index (κ1) is 21.5. The fourth-order valence-electron chi connectivity index (χ4n) is 2.53. The molecule has 1 heterocycles. The van der Waals surface area contributed by atoms with Crippen LogP contribution in [0.25, 0.3) is 5.69 Å². The standard InChI is InChI=1S/C19H16BrN3O6S/c1-2-30(28,29)13-7-8-15(24)14(9-13)21-19(27)18-16(25)10-17(26)23(22-18)12-5-3-11(20)4-6-12/h3-10,24-25H,2H2,1H3,(H,21,27). The maximum atomic E-state index is 12.6. The Morgan fingerprint density at radius 2 is 1.77 bits per heavy atom. The van der Waals surface area contributed by atoms with Crippen LogP contribution in [0.15, 0.2) is 62.7 Å². The van der Waals surface area contributed by atoms with E-state index >= 15 is 0 Å². The second-order valence-corrected chi connectivity index (χ2v) is 9.34. The molecule has 9 nitrogen and oxygen atoms in total. The molecule has 0 atom stereocenters. The third kappa shape index (κ3) is 4.36. The van der Waals surface area contributed by atoms with Crippen LogP contribution in [0.3, 0.4) is 0 Å². The molecule has 3 N–H and O–H groups in total. The Morgan fingerprint density at radius 3 is 2.40 bits per heavy atom. The summed E-state index contributed by atoms with van der Waals surface area (Å²) in [6, 6.07) is 10.8. The van der Waals surface area contributed by atoms with Crippen LogP contribution in [-0.4, -0.2) is 40.1 Å². The lowest BCUT2D eigenvalue weighted by Crippen LogP contribution is -2.25. The van der Waals surface area contributed by atoms with Crippen molar-refractivity contribution in [2.45, 2.75) is 11.8 Å². The number of carbonyl (C=O) groups is 1. The average molecular weight is 494 g/mol. The lowest BCUT2D eigenvalue weighted by atomic mass is 10.2. The molecule has 1 amide bonds. The van der Waals surface area contributed by atoms with E-state index in [1.54, 1.807) is 24.3 Å². The van der Waals surface area contributed by atoms with E-state index in [0.717, 1.165) is 27.4 Å². The summed E-state index contributed by atoms with van der Waals surface area (Å²) in [4.78, 5) is 24.8. The van der Waals surface area contributed by atoms with Gasteiger partial charge in [0.2, 0.25) is 0 Å². The van der Waals surface area contributed by atoms with Crippen molar-refractivity contribution in [2.24, 2.45) is 0 Å². The number of sulfone groups is 1. The summed E-state index contributed by atoms with van der Waals surface area (Å²) in [5.41, 5.74) is -0.973. The van der Waals surface area contributed by atoms with Gasteiger partial charge in [-0.2, -0.15) is 9.78 Å². The molecule has 0 aliphatic rings. The number of nitrogens with one attached hydrogen (secondary N) is 1. The van der Waals surface area contributed by atoms with Gasteiger partial charge in [-0.15, -0.1) is 0 Å². The number of benzene rings is 2. The number of phenols is 1. The summed E-state index contributed by atoms with van der Waals surface area (Å²) in [7, 11) is -3.57. The van der Waals surface area contributed by atoms with Gasteiger partial charge in [-0.25, -0.2) is 8.42 Å². The minimum Gasteiger partial charge on any atom is -0.506 e. The molecule has 0 fully saturated rings. The van der Waals surface area contributed by atoms with Crippen LogP contribution in [0.5, 0.6) is 11.5 Å². The molecule has 156 valence electrons. The van der Waals surface area contributed by atoms with E-state index in [-0.39, 0.29) is 22.1 Å². The fourth-order valence-corrected chi connectivity index (χ4v) is 3.70. The van der Waals surface area contributed by atoms with E-state index in [1.807, 2.05) is 0 Å². The number of nitrogens with zero attached hydrogens (tertiary/aromatic N) is 2. The van der Waals surface area contributed by atoms with Gasteiger partial charge in [-0.3, -0.25) is 9.59 Å². The zero-order valence-corrected chi connectivity index (χ0v) is 17.9. The minimum absolute atomic E-state index is 0.0879. The Morgan fingerprint density at radius 1 is 1.10 bits per heavy atom. The summed E-state index contributed by atoms with van der Waals surface area (Å²) in [5, 5.41) is 26.3. The molecule has 11 heteroatoms. The molecule has 0 aliphatic carbocycles. The van der Waals surface area contributed by atoms with E-state index in [4.69, 9.17) is 0 Å². The SMILES string of the molecule is CCS(=O)(=O)c1ccc(O)c(NC(=O)c2nn(-c3ccc(Br)cc3)c(=O)cc2O)c1. The highest BCUT2D eigenvalue weighted by Crippen LogP contribution is 2.28. The molecule has 2 aromatic carbocycles. The maximum absolute atomic E-state index is 12.6. The molecule has 0 unspecified atom stereocenters. The molecule has 3 aromatic rings. The number of carbonyl (C=O) groups excluding carboxylic acids is 1. The van der Waals surface area contributed by atoms with Crippen molar-refractivity contribution in [2.75, 3.05) is 11.1 Å². The van der Waals surface area contributed by atoms with Crippen LogP contribution in [0, 0.1) is 0 Å². The monoisotopic (exact) mass is 493 g/mol. The Balaban J connectivity index is 2.00. The van der Waals surface area contributed by atoms with Gasteiger partial charge >= 0.3 is 0 Å². The largest absolute Gasteiger partial charge is 0.506 e. The number of aromatic nitrogens is 2. The van der Waals surface area contributed by atoms with Gasteiger partial charge in [0, 0.05) is 10.5 Å². The first-order valence-corrected chi connectivity index (χ1v) is 11.0. The lowest BCUT2D eigenvalue weighted by molar-refractivity contribution is 0.101. The van der Waals surface area contributed by atoms with Crippen molar-refractivity contribution in [3.05, 3.63) is 69.1 Å². The van der Waals surface area contributed by atoms with E-state index in [1.165, 1.54) is 13.0 Å². The van der Waals surface area contributed by atoms with Crippen molar-refractivity contribution < 1.29 is 23.4 Å². The molecule has 0 bridgehead atoms. The van der Waals surface area contributed by atoms with Crippen LogP contribution in [0.2, 0.25) is 0 Å². The van der Waals surface area contributed by atoms with Crippen molar-refractivity contribution in [1.29, 1.82) is 0 Å². The van der Waals surface area contributed by atoms with E-state index in [9.17, 15) is 28.2 Å². The number of anilines is 1. The van der Waals surface area contributed by atoms with E-state index < -0.39 is 32.7 Å². The summed E-state index contributed by atoms with van der Waals surface area (Å²) in [5.74, 6) is -2.15. The molecular formula is C19H16BrN3O6S. The Bertz CT molecular complexity index is 1290. The Labute approximate surface area is 179 Å². The Kier molecular flexibility index (Phi) is 5.94. The van der Waals surface area contributed by atoms with Crippen molar-refractivity contribution in [1.82, 2.24) is 9.78 Å². The van der Waals surface area contributed by atoms with Gasteiger partial charge in [0.15, 0.2) is 21.3 Å². The van der Waals surface area contributed by atoms with Crippen LogP contribution < -0.4 is 10.9 Å². The second kappa shape index (κ2) is 8.28. The predicted molar refractivity (Wildman–Crippen MR) is 113 cm³/mol. The molecule has 1 aromatic heterocycles. The van der Waals surface area contributed by atoms with E-state index in [2.05, 4.69) is 26.3 Å².